The van der Waals surface area contributed by atoms with Gasteiger partial charge in [0.05, 0.1) is 0 Å². The minimum Gasteiger partial charge on any atom is -0.332 e. The van der Waals surface area contributed by atoms with E-state index in [0.717, 1.165) is 0 Å². The maximum absolute atomic E-state index is 13.5. The lowest BCUT2D eigenvalue weighted by Gasteiger charge is -2.43. The predicted octanol–water partition coefficient (Wildman–Crippen LogP) is 6.85. The summed E-state index contributed by atoms with van der Waals surface area (Å²) in [5, 5.41) is 7.59. The normalized spacial score (nSPS) is 18.0. The number of rotatable bonds is 13. The van der Waals surface area contributed by atoms with Crippen LogP contribution in [0.25, 0.3) is 0 Å². The van der Waals surface area contributed by atoms with Gasteiger partial charge in [0.25, 0.3) is 18.6 Å². The number of alkyl halides is 22. The first-order valence-electron chi connectivity index (χ1n) is 8.15. The smallest absolute Gasteiger partial charge is 0.332 e. The van der Waals surface area contributed by atoms with Crippen LogP contribution in [0.2, 0.25) is 0 Å². The molecule has 0 aliphatic rings. The molecule has 0 radical (unpaired) electrons. The van der Waals surface area contributed by atoms with Gasteiger partial charge in [0.1, 0.15) is 0 Å². The van der Waals surface area contributed by atoms with E-state index in [1.54, 1.807) is 9.47 Å². The summed E-state index contributed by atoms with van der Waals surface area (Å²) < 4.78 is 291. The first-order chi connectivity index (χ1) is 16.0. The van der Waals surface area contributed by atoms with Crippen molar-refractivity contribution in [2.24, 2.45) is 0 Å². The molecule has 2 atom stereocenters. The summed E-state index contributed by atoms with van der Waals surface area (Å²) in [6.45, 7) is -0.813. The van der Waals surface area contributed by atoms with Gasteiger partial charge in [-0.1, -0.05) is 0 Å². The molecule has 0 bridgehead atoms. The number of hydrogen-bond donors (Lipinski definition) is 1. The molecule has 0 amide bonds. The highest BCUT2D eigenvalue weighted by molar-refractivity contribution is 5.14. The van der Waals surface area contributed by atoms with E-state index in [2.05, 4.69) is 0 Å². The Kier molecular flexibility index (Phi) is 9.06. The zero-order valence-electron chi connectivity index (χ0n) is 16.7. The van der Waals surface area contributed by atoms with Gasteiger partial charge in [-0.3, -0.25) is 9.47 Å². The minimum atomic E-state index is -9.13. The zero-order chi connectivity index (χ0) is 31.6. The maximum atomic E-state index is 13.5. The van der Waals surface area contributed by atoms with Crippen LogP contribution in [0.4, 0.5) is 96.6 Å². The summed E-state index contributed by atoms with van der Waals surface area (Å²) in [6, 6.07) is 0. The molecule has 3 nitrogen and oxygen atoms in total. The molecule has 0 aromatic heterocycles. The van der Waals surface area contributed by atoms with E-state index in [0.29, 0.717) is 0 Å². The highest BCUT2D eigenvalue weighted by Gasteiger charge is 2.95. The third-order valence-corrected chi connectivity index (χ3v) is 3.88. The summed E-state index contributed by atoms with van der Waals surface area (Å²) in [5.41, 5.74) is 0. The summed E-state index contributed by atoms with van der Waals surface area (Å²) in [7, 11) is 0. The minimum absolute atomic E-state index is 0.813. The molecule has 0 aliphatic carbocycles. The molecule has 0 fully saturated rings. The van der Waals surface area contributed by atoms with E-state index in [4.69, 9.17) is 5.11 Å². The molecule has 0 aromatic carbocycles. The van der Waals surface area contributed by atoms with Gasteiger partial charge < -0.3 is 5.11 Å². The molecule has 0 rings (SSSR count). The van der Waals surface area contributed by atoms with Crippen LogP contribution in [0.15, 0.2) is 0 Å². The lowest BCUT2D eigenvalue weighted by Crippen LogP contribution is -2.75. The quantitative estimate of drug-likeness (QED) is 0.227. The van der Waals surface area contributed by atoms with Crippen LogP contribution < -0.4 is 0 Å². The fourth-order valence-corrected chi connectivity index (χ4v) is 1.74. The zero-order valence-corrected chi connectivity index (χ0v) is 16.7. The first-order valence-corrected chi connectivity index (χ1v) is 8.15. The van der Waals surface area contributed by atoms with Crippen molar-refractivity contribution in [1.29, 1.82) is 0 Å². The van der Waals surface area contributed by atoms with Crippen LogP contribution in [0.1, 0.15) is 6.92 Å². The summed E-state index contributed by atoms with van der Waals surface area (Å²) in [4.78, 5) is 0. The van der Waals surface area contributed by atoms with E-state index < -0.39 is 79.4 Å². The molecule has 25 heteroatoms. The Morgan fingerprint density at radius 2 is 0.632 bits per heavy atom. The van der Waals surface area contributed by atoms with E-state index in [9.17, 15) is 96.6 Å². The fourth-order valence-electron chi connectivity index (χ4n) is 1.74. The van der Waals surface area contributed by atoms with Crippen molar-refractivity contribution < 1.29 is 111 Å². The van der Waals surface area contributed by atoms with Crippen molar-refractivity contribution in [1.82, 2.24) is 0 Å². The maximum Gasteiger partial charge on any atom is 0.428 e. The molecule has 0 aromatic rings. The van der Waals surface area contributed by atoms with Gasteiger partial charge >= 0.3 is 53.9 Å². The number of aliphatic hydroxyl groups is 1. The number of halogens is 22. The second-order valence-electron chi connectivity index (χ2n) is 6.89. The molecule has 38 heavy (non-hydrogen) atoms. The number of ether oxygens (including phenoxy) is 2. The second-order valence-corrected chi connectivity index (χ2v) is 6.89. The SMILES string of the molecule is CC(F)(F)C(F)OC(F)(F)C(F)(F)C(F)(F)C(F)(F)C(F)(F)C(F)(F)C(F)(F)C(F)(F)OC(F)C(O)(F)F. The standard InChI is InChI=1S/C13H6F22O3/c1-4(16,17)2(14)37-12(32,33)10(28,29)8(24,25)6(20,21)7(22,23)9(26,27)11(30,31)13(34,35)38-3(15)5(18,19)36/h2-3,36H,1H3. The molecule has 0 aliphatic heterocycles. The topological polar surface area (TPSA) is 38.7 Å². The van der Waals surface area contributed by atoms with Gasteiger partial charge in [-0.15, -0.1) is 0 Å². The Hall–Kier alpha value is -1.66. The van der Waals surface area contributed by atoms with Crippen molar-refractivity contribution in [3.8, 4) is 0 Å². The third kappa shape index (κ3) is 5.50. The third-order valence-electron chi connectivity index (χ3n) is 3.88. The van der Waals surface area contributed by atoms with E-state index >= 15 is 0 Å². The average molecular weight is 628 g/mol. The Bertz CT molecular complexity index is 757. The molecular formula is C13H6F22O3. The van der Waals surface area contributed by atoms with Crippen LogP contribution in [-0.4, -0.2) is 77.6 Å². The summed E-state index contributed by atoms with van der Waals surface area (Å²) >= 11 is 0. The van der Waals surface area contributed by atoms with E-state index in [1.165, 1.54) is 0 Å². The van der Waals surface area contributed by atoms with Crippen LogP contribution in [0.5, 0.6) is 0 Å². The molecule has 1 N–H and O–H groups in total. The van der Waals surface area contributed by atoms with Crippen molar-refractivity contribution in [2.75, 3.05) is 0 Å². The van der Waals surface area contributed by atoms with Crippen LogP contribution in [-0.2, 0) is 9.47 Å². The van der Waals surface area contributed by atoms with Crippen molar-refractivity contribution in [3.63, 3.8) is 0 Å². The Labute approximate surface area is 192 Å². The fraction of sp³-hybridized carbons (Fsp3) is 1.00. The average Bonchev–Trinajstić information content (AvgIpc) is 2.64. The molecule has 2 unspecified atom stereocenters. The van der Waals surface area contributed by atoms with Crippen molar-refractivity contribution in [2.45, 2.75) is 79.4 Å². The Balaban J connectivity index is 6.77. The number of hydrogen-bond acceptors (Lipinski definition) is 3. The molecule has 230 valence electrons. The van der Waals surface area contributed by atoms with Gasteiger partial charge in [0.15, 0.2) is 0 Å². The molecule has 0 heterocycles. The monoisotopic (exact) mass is 628 g/mol. The van der Waals surface area contributed by atoms with Crippen molar-refractivity contribution >= 4 is 0 Å². The Morgan fingerprint density at radius 3 is 0.842 bits per heavy atom. The predicted molar refractivity (Wildman–Crippen MR) is 69.3 cm³/mol. The first kappa shape index (κ1) is 36.3. The molecular weight excluding hydrogens is 622 g/mol. The molecule has 0 saturated carbocycles. The van der Waals surface area contributed by atoms with Crippen LogP contribution in [0, 0.1) is 0 Å². The highest BCUT2D eigenvalue weighted by atomic mass is 19.4. The molecule has 0 saturated heterocycles. The molecule has 0 spiro atoms. The van der Waals surface area contributed by atoms with Gasteiger partial charge in [0, 0.05) is 6.92 Å². The van der Waals surface area contributed by atoms with Gasteiger partial charge in [0.2, 0.25) is 0 Å². The van der Waals surface area contributed by atoms with Gasteiger partial charge in [-0.25, -0.2) is 17.6 Å². The summed E-state index contributed by atoms with van der Waals surface area (Å²) in [6.07, 6.45) is -32.9. The van der Waals surface area contributed by atoms with E-state index in [-0.39, 0.29) is 0 Å². The Morgan fingerprint density at radius 1 is 0.421 bits per heavy atom. The van der Waals surface area contributed by atoms with Crippen LogP contribution in [0.3, 0.4) is 0 Å². The second kappa shape index (κ2) is 9.47. The van der Waals surface area contributed by atoms with Gasteiger partial charge in [-0.05, 0) is 0 Å². The summed E-state index contributed by atoms with van der Waals surface area (Å²) in [5.74, 6) is -58.7. The van der Waals surface area contributed by atoms with Crippen LogP contribution >= 0.6 is 0 Å². The highest BCUT2D eigenvalue weighted by Crippen LogP contribution is 2.64. The lowest BCUT2D eigenvalue weighted by atomic mass is 9.90. The van der Waals surface area contributed by atoms with E-state index in [1.807, 2.05) is 0 Å². The lowest BCUT2D eigenvalue weighted by molar-refractivity contribution is -0.499. The van der Waals surface area contributed by atoms with Gasteiger partial charge in [-0.2, -0.15) is 79.0 Å². The largest absolute Gasteiger partial charge is 0.428 e. The van der Waals surface area contributed by atoms with Crippen molar-refractivity contribution in [3.05, 3.63) is 0 Å².